The Morgan fingerprint density at radius 2 is 1.97 bits per heavy atom. The molecule has 0 amide bonds. The number of benzene rings is 2. The molecule has 0 aliphatic heterocycles. The molecular weight excluding hydrogens is 446 g/mol. The highest BCUT2D eigenvalue weighted by atomic mass is 16.5. The summed E-state index contributed by atoms with van der Waals surface area (Å²) in [7, 11) is 1.61. The lowest BCUT2D eigenvalue weighted by molar-refractivity contribution is 0.393. The van der Waals surface area contributed by atoms with Crippen molar-refractivity contribution in [3.8, 4) is 28.3 Å². The highest BCUT2D eigenvalue weighted by Crippen LogP contribution is 2.40. The van der Waals surface area contributed by atoms with Crippen LogP contribution in [0.4, 0.5) is 0 Å². The monoisotopic (exact) mass is 467 g/mol. The van der Waals surface area contributed by atoms with Crippen molar-refractivity contribution < 1.29 is 13.7 Å². The third-order valence-corrected chi connectivity index (χ3v) is 6.15. The maximum absolute atomic E-state index is 13.1. The summed E-state index contributed by atoms with van der Waals surface area (Å²) in [5.74, 6) is 0.830. The molecule has 0 unspecified atom stereocenters. The molecule has 9 heteroatoms. The van der Waals surface area contributed by atoms with Gasteiger partial charge in [-0.05, 0) is 31.5 Å². The van der Waals surface area contributed by atoms with Crippen molar-refractivity contribution >= 4 is 22.0 Å². The number of H-pyrrole nitrogens is 1. The van der Waals surface area contributed by atoms with Crippen molar-refractivity contribution in [2.45, 2.75) is 20.4 Å². The van der Waals surface area contributed by atoms with E-state index in [9.17, 15) is 4.79 Å². The molecule has 1 N–H and O–H groups in total. The largest absolute Gasteiger partial charge is 0.496 e. The average molecular weight is 467 g/mol. The Kier molecular flexibility index (Phi) is 4.77. The minimum absolute atomic E-state index is 0.349. The molecule has 0 saturated heterocycles. The Bertz CT molecular complexity index is 1720. The first-order chi connectivity index (χ1) is 17.0. The second-order valence-electron chi connectivity index (χ2n) is 8.31. The topological polar surface area (TPSA) is 112 Å². The summed E-state index contributed by atoms with van der Waals surface area (Å²) in [5.41, 5.74) is 6.22. The molecule has 4 heterocycles. The summed E-state index contributed by atoms with van der Waals surface area (Å²) in [4.78, 5) is 25.2. The molecular formula is C26H21N5O4. The van der Waals surface area contributed by atoms with Gasteiger partial charge >= 0.3 is 5.76 Å². The Morgan fingerprint density at radius 3 is 2.66 bits per heavy atom. The zero-order valence-electron chi connectivity index (χ0n) is 19.3. The molecule has 0 aliphatic carbocycles. The normalized spacial score (nSPS) is 11.5. The average Bonchev–Trinajstić information content (AvgIpc) is 3.59. The maximum Gasteiger partial charge on any atom is 0.420 e. The Morgan fingerprint density at radius 1 is 1.14 bits per heavy atom. The van der Waals surface area contributed by atoms with Gasteiger partial charge in [0.15, 0.2) is 5.58 Å². The van der Waals surface area contributed by atoms with Crippen LogP contribution in [0.3, 0.4) is 0 Å². The zero-order valence-corrected chi connectivity index (χ0v) is 19.3. The molecule has 0 bridgehead atoms. The minimum atomic E-state index is -0.465. The SMILES string of the molecule is COc1cc2c(cc1-c1c(C)noc1C)nc(-c1cnc[nH]1)c1oc(=O)n(Cc3ccccc3)c12. The van der Waals surface area contributed by atoms with Crippen LogP contribution in [0.25, 0.3) is 44.5 Å². The molecule has 6 rings (SSSR count). The lowest BCUT2D eigenvalue weighted by atomic mass is 10.00. The van der Waals surface area contributed by atoms with Crippen molar-refractivity contribution in [1.82, 2.24) is 24.7 Å². The summed E-state index contributed by atoms with van der Waals surface area (Å²) in [6.07, 6.45) is 3.22. The van der Waals surface area contributed by atoms with Crippen molar-refractivity contribution in [2.24, 2.45) is 0 Å². The number of nitrogens with zero attached hydrogens (tertiary/aromatic N) is 4. The van der Waals surface area contributed by atoms with Gasteiger partial charge in [0.2, 0.25) is 0 Å². The molecule has 0 fully saturated rings. The van der Waals surface area contributed by atoms with Crippen LogP contribution in [0.2, 0.25) is 0 Å². The van der Waals surface area contributed by atoms with Crippen molar-refractivity contribution in [1.29, 1.82) is 0 Å². The van der Waals surface area contributed by atoms with Crippen LogP contribution in [0.15, 0.2) is 68.7 Å². The third kappa shape index (κ3) is 3.31. The van der Waals surface area contributed by atoms with E-state index < -0.39 is 5.76 Å². The Hall–Kier alpha value is -4.66. The molecule has 0 radical (unpaired) electrons. The van der Waals surface area contributed by atoms with Crippen LogP contribution in [0.5, 0.6) is 5.75 Å². The molecule has 0 aliphatic rings. The molecule has 6 aromatic rings. The van der Waals surface area contributed by atoms with Gasteiger partial charge in [-0.3, -0.25) is 4.57 Å². The smallest absolute Gasteiger partial charge is 0.420 e. The standard InChI is InChI=1S/C26H21N5O4/c1-14-22(15(2)35-30-14)18-9-19-17(10-21(18)33-3)24-25(23(29-19)20-11-27-13-28-20)34-26(32)31(24)12-16-7-5-4-6-8-16/h4-11,13H,12H2,1-3H3,(H,27,28). The predicted octanol–water partition coefficient (Wildman–Crippen LogP) is 4.86. The van der Waals surface area contributed by atoms with Crippen LogP contribution in [-0.2, 0) is 6.54 Å². The summed E-state index contributed by atoms with van der Waals surface area (Å²) in [6, 6.07) is 13.6. The number of imidazole rings is 1. The molecule has 9 nitrogen and oxygen atoms in total. The number of hydrogen-bond donors (Lipinski definition) is 1. The second kappa shape index (κ2) is 7.98. The molecule has 0 spiro atoms. The van der Waals surface area contributed by atoms with Crippen molar-refractivity contribution in [3.05, 3.63) is 82.6 Å². The zero-order chi connectivity index (χ0) is 24.1. The number of hydrogen-bond acceptors (Lipinski definition) is 7. The van der Waals surface area contributed by atoms with E-state index in [2.05, 4.69) is 15.1 Å². The number of rotatable bonds is 5. The molecule has 0 atom stereocenters. The minimum Gasteiger partial charge on any atom is -0.496 e. The summed E-state index contributed by atoms with van der Waals surface area (Å²) in [5, 5.41) is 4.83. The van der Waals surface area contributed by atoms with E-state index >= 15 is 0 Å². The van der Waals surface area contributed by atoms with E-state index in [1.807, 2.05) is 56.3 Å². The fourth-order valence-electron chi connectivity index (χ4n) is 4.56. The van der Waals surface area contributed by atoms with E-state index in [0.717, 1.165) is 27.8 Å². The first kappa shape index (κ1) is 20.9. The maximum atomic E-state index is 13.1. The predicted molar refractivity (Wildman–Crippen MR) is 130 cm³/mol. The van der Waals surface area contributed by atoms with Gasteiger partial charge in [-0.25, -0.2) is 14.8 Å². The fraction of sp³-hybridized carbons (Fsp3) is 0.154. The van der Waals surface area contributed by atoms with E-state index in [1.165, 1.54) is 0 Å². The van der Waals surface area contributed by atoms with Gasteiger partial charge in [0.05, 0.1) is 48.6 Å². The molecule has 4 aromatic heterocycles. The molecule has 0 saturated carbocycles. The summed E-state index contributed by atoms with van der Waals surface area (Å²) >= 11 is 0. The van der Waals surface area contributed by atoms with Crippen LogP contribution in [0, 0.1) is 13.8 Å². The summed E-state index contributed by atoms with van der Waals surface area (Å²) in [6.45, 7) is 4.09. The van der Waals surface area contributed by atoms with Gasteiger partial charge in [-0.2, -0.15) is 0 Å². The number of methoxy groups -OCH3 is 1. The number of ether oxygens (including phenoxy) is 1. The molecule has 35 heavy (non-hydrogen) atoms. The van der Waals surface area contributed by atoms with Crippen LogP contribution in [0.1, 0.15) is 17.0 Å². The van der Waals surface area contributed by atoms with E-state index in [0.29, 0.717) is 46.1 Å². The third-order valence-electron chi connectivity index (χ3n) is 6.15. The van der Waals surface area contributed by atoms with E-state index in [-0.39, 0.29) is 0 Å². The van der Waals surface area contributed by atoms with Gasteiger partial charge < -0.3 is 18.7 Å². The fourth-order valence-corrected chi connectivity index (χ4v) is 4.56. The second-order valence-corrected chi connectivity index (χ2v) is 8.31. The molecule has 174 valence electrons. The number of nitrogens with one attached hydrogen (secondary N) is 1. The number of aromatic amines is 1. The van der Waals surface area contributed by atoms with Crippen molar-refractivity contribution in [2.75, 3.05) is 7.11 Å². The first-order valence-electron chi connectivity index (χ1n) is 11.1. The van der Waals surface area contributed by atoms with Gasteiger partial charge in [-0.1, -0.05) is 35.5 Å². The molecule has 2 aromatic carbocycles. The quantitative estimate of drug-likeness (QED) is 0.385. The van der Waals surface area contributed by atoms with Crippen molar-refractivity contribution in [3.63, 3.8) is 0 Å². The summed E-state index contributed by atoms with van der Waals surface area (Å²) < 4.78 is 18.6. The van der Waals surface area contributed by atoms with Crippen LogP contribution < -0.4 is 10.5 Å². The van der Waals surface area contributed by atoms with Gasteiger partial charge in [0.25, 0.3) is 0 Å². The van der Waals surface area contributed by atoms with Gasteiger partial charge in [-0.15, -0.1) is 0 Å². The first-order valence-corrected chi connectivity index (χ1v) is 11.1. The van der Waals surface area contributed by atoms with Crippen LogP contribution >= 0.6 is 0 Å². The Balaban J connectivity index is 1.72. The van der Waals surface area contributed by atoms with Gasteiger partial charge in [0.1, 0.15) is 22.7 Å². The number of aryl methyl sites for hydroxylation is 2. The highest BCUT2D eigenvalue weighted by molar-refractivity contribution is 6.08. The van der Waals surface area contributed by atoms with Gasteiger partial charge in [0, 0.05) is 10.9 Å². The van der Waals surface area contributed by atoms with E-state index in [4.69, 9.17) is 18.7 Å². The highest BCUT2D eigenvalue weighted by Gasteiger charge is 2.24. The number of pyridine rings is 1. The lowest BCUT2D eigenvalue weighted by Gasteiger charge is -2.13. The number of fused-ring (bicyclic) bond motifs is 3. The van der Waals surface area contributed by atoms with E-state index in [1.54, 1.807) is 24.2 Å². The Labute approximate surface area is 199 Å². The number of oxazole rings is 1. The lowest BCUT2D eigenvalue weighted by Crippen LogP contribution is -2.15. The number of aromatic nitrogens is 5. The van der Waals surface area contributed by atoms with Crippen LogP contribution in [-0.4, -0.2) is 31.8 Å².